The van der Waals surface area contributed by atoms with Gasteiger partial charge in [0.1, 0.15) is 11.9 Å². The van der Waals surface area contributed by atoms with Crippen molar-refractivity contribution in [2.45, 2.75) is 39.2 Å². The molecule has 1 heterocycles. The van der Waals surface area contributed by atoms with Gasteiger partial charge in [-0.2, -0.15) is 0 Å². The van der Waals surface area contributed by atoms with Crippen LogP contribution in [0.5, 0.6) is 0 Å². The molecule has 98 valence electrons. The number of carbonyl (C=O) groups excluding carboxylic acids is 1. The van der Waals surface area contributed by atoms with Gasteiger partial charge in [-0.3, -0.25) is 0 Å². The molecule has 4 heteroatoms. The molecule has 2 N–H and O–H groups in total. The number of esters is 1. The molecule has 18 heavy (non-hydrogen) atoms. The molecule has 1 saturated carbocycles. The van der Waals surface area contributed by atoms with Crippen molar-refractivity contribution in [3.05, 3.63) is 23.9 Å². The normalized spacial score (nSPS) is 27.8. The maximum atomic E-state index is 12.0. The van der Waals surface area contributed by atoms with Gasteiger partial charge in [0, 0.05) is 6.20 Å². The third-order valence-corrected chi connectivity index (χ3v) is 3.43. The van der Waals surface area contributed by atoms with E-state index in [2.05, 4.69) is 18.8 Å². The van der Waals surface area contributed by atoms with Crippen LogP contribution < -0.4 is 5.73 Å². The number of hydrogen-bond acceptors (Lipinski definition) is 4. The number of nitrogens with two attached hydrogens (primary N) is 1. The summed E-state index contributed by atoms with van der Waals surface area (Å²) in [6, 6.07) is 3.19. The molecule has 1 fully saturated rings. The lowest BCUT2D eigenvalue weighted by Gasteiger charge is -2.31. The molecule has 0 bridgehead atoms. The van der Waals surface area contributed by atoms with E-state index in [9.17, 15) is 4.79 Å². The Morgan fingerprint density at radius 3 is 2.61 bits per heavy atom. The lowest BCUT2D eigenvalue weighted by molar-refractivity contribution is 0.00805. The van der Waals surface area contributed by atoms with Gasteiger partial charge in [0.25, 0.3) is 0 Å². The summed E-state index contributed by atoms with van der Waals surface area (Å²) in [5, 5.41) is 0. The molecule has 0 spiro atoms. The van der Waals surface area contributed by atoms with Crippen LogP contribution in [0.4, 0.5) is 5.82 Å². The van der Waals surface area contributed by atoms with Crippen LogP contribution in [0, 0.1) is 11.8 Å². The Kier molecular flexibility index (Phi) is 3.84. The number of carbonyl (C=O) groups is 1. The van der Waals surface area contributed by atoms with Gasteiger partial charge < -0.3 is 10.5 Å². The minimum atomic E-state index is -0.296. The number of ether oxygens (including phenoxy) is 1. The van der Waals surface area contributed by atoms with Gasteiger partial charge in [-0.05, 0) is 43.2 Å². The first-order valence-electron chi connectivity index (χ1n) is 6.47. The minimum Gasteiger partial charge on any atom is -0.459 e. The van der Waals surface area contributed by atoms with Crippen molar-refractivity contribution >= 4 is 11.8 Å². The molecule has 0 aromatic carbocycles. The van der Waals surface area contributed by atoms with E-state index >= 15 is 0 Å². The fourth-order valence-electron chi connectivity index (χ4n) is 2.76. The fraction of sp³-hybridized carbons (Fsp3) is 0.571. The van der Waals surface area contributed by atoms with E-state index < -0.39 is 0 Å². The lowest BCUT2D eigenvalue weighted by atomic mass is 9.82. The number of nitrogens with zero attached hydrogens (tertiary/aromatic N) is 1. The molecule has 1 aromatic heterocycles. The fourth-order valence-corrected chi connectivity index (χ4v) is 2.76. The summed E-state index contributed by atoms with van der Waals surface area (Å²) >= 11 is 0. The molecule has 0 amide bonds. The van der Waals surface area contributed by atoms with Crippen molar-refractivity contribution in [3.8, 4) is 0 Å². The molecule has 4 nitrogen and oxygen atoms in total. The van der Waals surface area contributed by atoms with Crippen molar-refractivity contribution in [3.63, 3.8) is 0 Å². The zero-order chi connectivity index (χ0) is 13.1. The zero-order valence-electron chi connectivity index (χ0n) is 10.9. The summed E-state index contributed by atoms with van der Waals surface area (Å²) in [5.74, 6) is 1.29. The monoisotopic (exact) mass is 248 g/mol. The van der Waals surface area contributed by atoms with E-state index in [0.717, 1.165) is 12.8 Å². The molecule has 0 radical (unpaired) electrons. The van der Waals surface area contributed by atoms with Crippen LogP contribution in [0.15, 0.2) is 18.3 Å². The maximum Gasteiger partial charge on any atom is 0.338 e. The summed E-state index contributed by atoms with van der Waals surface area (Å²) in [6.07, 6.45) is 4.69. The summed E-state index contributed by atoms with van der Waals surface area (Å²) < 4.78 is 5.55. The van der Waals surface area contributed by atoms with Crippen LogP contribution in [0.3, 0.4) is 0 Å². The van der Waals surface area contributed by atoms with Crippen LogP contribution >= 0.6 is 0 Å². The van der Waals surface area contributed by atoms with Gasteiger partial charge in [0.05, 0.1) is 5.56 Å². The van der Waals surface area contributed by atoms with Crippen molar-refractivity contribution in [1.29, 1.82) is 0 Å². The topological polar surface area (TPSA) is 65.2 Å². The second-order valence-corrected chi connectivity index (χ2v) is 5.41. The molecule has 0 saturated heterocycles. The quantitative estimate of drug-likeness (QED) is 0.817. The molecular weight excluding hydrogens is 228 g/mol. The van der Waals surface area contributed by atoms with Gasteiger partial charge in [-0.15, -0.1) is 0 Å². The average Bonchev–Trinajstić information content (AvgIpc) is 2.27. The molecule has 2 unspecified atom stereocenters. The van der Waals surface area contributed by atoms with Gasteiger partial charge >= 0.3 is 5.97 Å². The van der Waals surface area contributed by atoms with Gasteiger partial charge in [-0.25, -0.2) is 9.78 Å². The first-order chi connectivity index (χ1) is 8.54. The molecule has 2 rings (SSSR count). The predicted octanol–water partition coefficient (Wildman–Crippen LogP) is 2.65. The van der Waals surface area contributed by atoms with Crippen LogP contribution in [0.25, 0.3) is 0 Å². The summed E-state index contributed by atoms with van der Waals surface area (Å²) in [4.78, 5) is 15.8. The highest BCUT2D eigenvalue weighted by Gasteiger charge is 2.26. The highest BCUT2D eigenvalue weighted by molar-refractivity contribution is 5.90. The second kappa shape index (κ2) is 5.38. The van der Waals surface area contributed by atoms with Crippen LogP contribution in [0.2, 0.25) is 0 Å². The van der Waals surface area contributed by atoms with E-state index in [4.69, 9.17) is 10.5 Å². The number of hydrogen-bond donors (Lipinski definition) is 1. The molecule has 1 aliphatic rings. The van der Waals surface area contributed by atoms with E-state index in [1.165, 1.54) is 12.6 Å². The largest absolute Gasteiger partial charge is 0.459 e. The van der Waals surface area contributed by atoms with E-state index in [1.54, 1.807) is 12.1 Å². The third-order valence-electron chi connectivity index (χ3n) is 3.43. The second-order valence-electron chi connectivity index (χ2n) is 5.41. The lowest BCUT2D eigenvalue weighted by Crippen LogP contribution is -2.28. The smallest absolute Gasteiger partial charge is 0.338 e. The Labute approximate surface area is 108 Å². The number of aromatic nitrogens is 1. The van der Waals surface area contributed by atoms with Crippen LogP contribution in [-0.4, -0.2) is 17.1 Å². The van der Waals surface area contributed by atoms with Gasteiger partial charge in [-0.1, -0.05) is 13.8 Å². The molecular formula is C14H20N2O2. The first-order valence-corrected chi connectivity index (χ1v) is 6.47. The third kappa shape index (κ3) is 3.22. The number of anilines is 1. The highest BCUT2D eigenvalue weighted by Crippen LogP contribution is 2.30. The summed E-state index contributed by atoms with van der Waals surface area (Å²) in [5.41, 5.74) is 6.03. The summed E-state index contributed by atoms with van der Waals surface area (Å²) in [6.45, 7) is 4.42. The molecule has 0 aliphatic heterocycles. The first kappa shape index (κ1) is 12.9. The Morgan fingerprint density at radius 1 is 1.33 bits per heavy atom. The van der Waals surface area contributed by atoms with Gasteiger partial charge in [0.2, 0.25) is 0 Å². The van der Waals surface area contributed by atoms with Crippen molar-refractivity contribution in [2.75, 3.05) is 5.73 Å². The summed E-state index contributed by atoms with van der Waals surface area (Å²) in [7, 11) is 0. The standard InChI is InChI=1S/C14H20N2O2/c1-9-5-10(2)7-12(6-9)18-14(17)11-3-4-16-13(15)8-11/h3-4,8-10,12H,5-7H2,1-2H3,(H2,15,16). The Bertz CT molecular complexity index is 424. The Morgan fingerprint density at radius 2 is 2.00 bits per heavy atom. The van der Waals surface area contributed by atoms with E-state index in [1.807, 2.05) is 0 Å². The van der Waals surface area contributed by atoms with E-state index in [0.29, 0.717) is 23.2 Å². The van der Waals surface area contributed by atoms with Crippen molar-refractivity contribution in [1.82, 2.24) is 4.98 Å². The average molecular weight is 248 g/mol. The number of rotatable bonds is 2. The van der Waals surface area contributed by atoms with Crippen molar-refractivity contribution < 1.29 is 9.53 Å². The van der Waals surface area contributed by atoms with Crippen LogP contribution in [-0.2, 0) is 4.74 Å². The SMILES string of the molecule is CC1CC(C)CC(OC(=O)c2ccnc(N)c2)C1. The maximum absolute atomic E-state index is 12.0. The van der Waals surface area contributed by atoms with Crippen LogP contribution in [0.1, 0.15) is 43.5 Å². The predicted molar refractivity (Wildman–Crippen MR) is 70.0 cm³/mol. The van der Waals surface area contributed by atoms with Crippen molar-refractivity contribution in [2.24, 2.45) is 11.8 Å². The molecule has 2 atom stereocenters. The highest BCUT2D eigenvalue weighted by atomic mass is 16.5. The van der Waals surface area contributed by atoms with E-state index in [-0.39, 0.29) is 12.1 Å². The molecule has 1 aliphatic carbocycles. The Balaban J connectivity index is 1.99. The Hall–Kier alpha value is -1.58. The minimum absolute atomic E-state index is 0.0330. The number of pyridine rings is 1. The zero-order valence-corrected chi connectivity index (χ0v) is 10.9. The van der Waals surface area contributed by atoms with Gasteiger partial charge in [0.15, 0.2) is 0 Å². The number of nitrogen functional groups attached to an aromatic ring is 1. The molecule has 1 aromatic rings.